The van der Waals surface area contributed by atoms with E-state index in [0.717, 1.165) is 31.0 Å². The number of hydrogen-bond donors (Lipinski definition) is 1. The Labute approximate surface area is 103 Å². The lowest BCUT2D eigenvalue weighted by Gasteiger charge is -2.12. The van der Waals surface area contributed by atoms with Gasteiger partial charge in [0.2, 0.25) is 0 Å². The molecule has 0 saturated carbocycles. The Kier molecular flexibility index (Phi) is 3.89. The van der Waals surface area contributed by atoms with Crippen molar-refractivity contribution >= 4 is 0 Å². The van der Waals surface area contributed by atoms with E-state index in [9.17, 15) is 0 Å². The highest BCUT2D eigenvalue weighted by Crippen LogP contribution is 2.35. The standard InChI is InChI=1S/C14H21NO2/c1-4-15-9-12-8-14-11(6-10(3)17-14)7-13(12)16-5-2/h7-8,10,15H,4-6,9H2,1-3H3. The van der Waals surface area contributed by atoms with Crippen LogP contribution >= 0.6 is 0 Å². The molecule has 3 nitrogen and oxygen atoms in total. The Morgan fingerprint density at radius 3 is 2.94 bits per heavy atom. The number of ether oxygens (including phenoxy) is 2. The smallest absolute Gasteiger partial charge is 0.124 e. The van der Waals surface area contributed by atoms with E-state index in [4.69, 9.17) is 9.47 Å². The van der Waals surface area contributed by atoms with Crippen LogP contribution < -0.4 is 14.8 Å². The van der Waals surface area contributed by atoms with Gasteiger partial charge < -0.3 is 14.8 Å². The van der Waals surface area contributed by atoms with E-state index in [1.165, 1.54) is 11.1 Å². The molecule has 1 aromatic carbocycles. The minimum absolute atomic E-state index is 0.286. The predicted octanol–water partition coefficient (Wildman–Crippen LogP) is 2.52. The van der Waals surface area contributed by atoms with Crippen molar-refractivity contribution in [3.8, 4) is 11.5 Å². The maximum atomic E-state index is 5.78. The molecule has 1 N–H and O–H groups in total. The minimum atomic E-state index is 0.286. The summed E-state index contributed by atoms with van der Waals surface area (Å²) in [6, 6.07) is 4.25. The lowest BCUT2D eigenvalue weighted by Crippen LogP contribution is -2.13. The molecule has 1 heterocycles. The van der Waals surface area contributed by atoms with Gasteiger partial charge in [-0.3, -0.25) is 0 Å². The summed E-state index contributed by atoms with van der Waals surface area (Å²) in [6.45, 7) is 8.71. The first-order chi connectivity index (χ1) is 8.24. The van der Waals surface area contributed by atoms with Crippen LogP contribution in [0.15, 0.2) is 12.1 Å². The Hall–Kier alpha value is -1.22. The summed E-state index contributed by atoms with van der Waals surface area (Å²) in [5, 5.41) is 3.33. The first kappa shape index (κ1) is 12.2. The minimum Gasteiger partial charge on any atom is -0.494 e. The van der Waals surface area contributed by atoms with Crippen molar-refractivity contribution in [1.82, 2.24) is 5.32 Å². The van der Waals surface area contributed by atoms with Crippen molar-refractivity contribution in [2.24, 2.45) is 0 Å². The summed E-state index contributed by atoms with van der Waals surface area (Å²) in [5.41, 5.74) is 2.45. The molecule has 1 aliphatic heterocycles. The van der Waals surface area contributed by atoms with Crippen LogP contribution in [-0.2, 0) is 13.0 Å². The number of nitrogens with one attached hydrogen (secondary N) is 1. The third-order valence-corrected chi connectivity index (χ3v) is 2.94. The van der Waals surface area contributed by atoms with Gasteiger partial charge in [-0.05, 0) is 32.5 Å². The first-order valence-electron chi connectivity index (χ1n) is 6.40. The number of benzene rings is 1. The normalized spacial score (nSPS) is 17.7. The second-order valence-electron chi connectivity index (χ2n) is 4.41. The number of fused-ring (bicyclic) bond motifs is 1. The van der Waals surface area contributed by atoms with Crippen LogP contribution in [0.3, 0.4) is 0 Å². The van der Waals surface area contributed by atoms with E-state index in [0.29, 0.717) is 6.61 Å². The highest BCUT2D eigenvalue weighted by molar-refractivity contribution is 5.48. The first-order valence-corrected chi connectivity index (χ1v) is 6.40. The van der Waals surface area contributed by atoms with Gasteiger partial charge in [0, 0.05) is 24.1 Å². The van der Waals surface area contributed by atoms with Crippen molar-refractivity contribution < 1.29 is 9.47 Å². The topological polar surface area (TPSA) is 30.5 Å². The Balaban J connectivity index is 2.26. The van der Waals surface area contributed by atoms with Crippen molar-refractivity contribution in [2.75, 3.05) is 13.2 Å². The van der Waals surface area contributed by atoms with Crippen LogP contribution in [0, 0.1) is 0 Å². The van der Waals surface area contributed by atoms with Crippen LogP contribution in [0.25, 0.3) is 0 Å². The van der Waals surface area contributed by atoms with E-state index in [2.05, 4.69) is 31.3 Å². The Morgan fingerprint density at radius 1 is 1.41 bits per heavy atom. The van der Waals surface area contributed by atoms with E-state index in [1.54, 1.807) is 0 Å². The molecule has 0 saturated heterocycles. The molecule has 1 unspecified atom stereocenters. The van der Waals surface area contributed by atoms with E-state index in [1.807, 2.05) is 6.92 Å². The molecule has 0 aliphatic carbocycles. The average Bonchev–Trinajstić information content (AvgIpc) is 2.65. The van der Waals surface area contributed by atoms with Crippen molar-refractivity contribution in [1.29, 1.82) is 0 Å². The molecule has 2 rings (SSSR count). The van der Waals surface area contributed by atoms with Crippen molar-refractivity contribution in [3.05, 3.63) is 23.3 Å². The summed E-state index contributed by atoms with van der Waals surface area (Å²) in [6.07, 6.45) is 1.27. The molecule has 1 aliphatic rings. The Bertz CT molecular complexity index is 390. The summed E-state index contributed by atoms with van der Waals surface area (Å²) >= 11 is 0. The molecule has 1 atom stereocenters. The maximum absolute atomic E-state index is 5.78. The quantitative estimate of drug-likeness (QED) is 0.850. The third kappa shape index (κ3) is 2.72. The monoisotopic (exact) mass is 235 g/mol. The fraction of sp³-hybridized carbons (Fsp3) is 0.571. The second kappa shape index (κ2) is 5.41. The van der Waals surface area contributed by atoms with Gasteiger partial charge in [0.1, 0.15) is 17.6 Å². The molecule has 0 fully saturated rings. The van der Waals surface area contributed by atoms with Crippen LogP contribution in [-0.4, -0.2) is 19.3 Å². The molecule has 0 bridgehead atoms. The summed E-state index contributed by atoms with van der Waals surface area (Å²) in [7, 11) is 0. The summed E-state index contributed by atoms with van der Waals surface area (Å²) in [5.74, 6) is 2.01. The van der Waals surface area contributed by atoms with Crippen LogP contribution in [0.5, 0.6) is 11.5 Å². The molecule has 94 valence electrons. The van der Waals surface area contributed by atoms with Crippen LogP contribution in [0.1, 0.15) is 31.9 Å². The maximum Gasteiger partial charge on any atom is 0.124 e. The lowest BCUT2D eigenvalue weighted by molar-refractivity contribution is 0.254. The average molecular weight is 235 g/mol. The lowest BCUT2D eigenvalue weighted by atomic mass is 10.1. The molecule has 0 aromatic heterocycles. The summed E-state index contributed by atoms with van der Waals surface area (Å²) < 4.78 is 11.5. The van der Waals surface area contributed by atoms with Gasteiger partial charge in [-0.15, -0.1) is 0 Å². The van der Waals surface area contributed by atoms with Gasteiger partial charge in [-0.1, -0.05) is 6.92 Å². The SMILES string of the molecule is CCNCc1cc2c(cc1OCC)CC(C)O2. The summed E-state index contributed by atoms with van der Waals surface area (Å²) in [4.78, 5) is 0. The van der Waals surface area contributed by atoms with Gasteiger partial charge in [-0.2, -0.15) is 0 Å². The Morgan fingerprint density at radius 2 is 2.24 bits per heavy atom. The molecular formula is C14H21NO2. The molecule has 3 heteroatoms. The second-order valence-corrected chi connectivity index (χ2v) is 4.41. The van der Waals surface area contributed by atoms with E-state index < -0.39 is 0 Å². The van der Waals surface area contributed by atoms with Gasteiger partial charge in [-0.25, -0.2) is 0 Å². The molecule has 1 aromatic rings. The number of rotatable bonds is 5. The van der Waals surface area contributed by atoms with Gasteiger partial charge >= 0.3 is 0 Å². The van der Waals surface area contributed by atoms with Crippen molar-refractivity contribution in [2.45, 2.75) is 39.8 Å². The molecule has 17 heavy (non-hydrogen) atoms. The molecular weight excluding hydrogens is 214 g/mol. The largest absolute Gasteiger partial charge is 0.494 e. The van der Waals surface area contributed by atoms with E-state index in [-0.39, 0.29) is 6.10 Å². The zero-order chi connectivity index (χ0) is 12.3. The molecule has 0 spiro atoms. The van der Waals surface area contributed by atoms with Crippen LogP contribution in [0.2, 0.25) is 0 Å². The van der Waals surface area contributed by atoms with E-state index >= 15 is 0 Å². The number of hydrogen-bond acceptors (Lipinski definition) is 3. The fourth-order valence-corrected chi connectivity index (χ4v) is 2.17. The zero-order valence-corrected chi connectivity index (χ0v) is 10.9. The predicted molar refractivity (Wildman–Crippen MR) is 68.8 cm³/mol. The molecule has 0 radical (unpaired) electrons. The van der Waals surface area contributed by atoms with Gasteiger partial charge in [0.25, 0.3) is 0 Å². The van der Waals surface area contributed by atoms with Crippen molar-refractivity contribution in [3.63, 3.8) is 0 Å². The zero-order valence-electron chi connectivity index (χ0n) is 10.9. The highest BCUT2D eigenvalue weighted by Gasteiger charge is 2.21. The highest BCUT2D eigenvalue weighted by atomic mass is 16.5. The van der Waals surface area contributed by atoms with Crippen LogP contribution in [0.4, 0.5) is 0 Å². The van der Waals surface area contributed by atoms with Gasteiger partial charge in [0.05, 0.1) is 6.61 Å². The fourth-order valence-electron chi connectivity index (χ4n) is 2.17. The third-order valence-electron chi connectivity index (χ3n) is 2.94. The molecule has 0 amide bonds. The van der Waals surface area contributed by atoms with Gasteiger partial charge in [0.15, 0.2) is 0 Å².